The monoisotopic (exact) mass is 181 g/mol. The van der Waals surface area contributed by atoms with Crippen LogP contribution in [0, 0.1) is 5.41 Å². The molecule has 13 heavy (non-hydrogen) atoms. The van der Waals surface area contributed by atoms with Gasteiger partial charge in [0.2, 0.25) is 0 Å². The standard InChI is InChI=1S/C12H23N/c1-10(2)13-8-7-12(5-6-12)9-11(13,3)4/h10H,5-9H2,1-4H3. The Morgan fingerprint density at radius 3 is 2.08 bits per heavy atom. The number of hydrogen-bond donors (Lipinski definition) is 0. The van der Waals surface area contributed by atoms with Crippen molar-refractivity contribution in [1.29, 1.82) is 0 Å². The number of piperidine rings is 1. The van der Waals surface area contributed by atoms with Crippen molar-refractivity contribution >= 4 is 0 Å². The summed E-state index contributed by atoms with van der Waals surface area (Å²) in [6.07, 6.45) is 5.89. The molecule has 1 saturated carbocycles. The van der Waals surface area contributed by atoms with E-state index in [1.165, 1.54) is 32.2 Å². The molecular weight excluding hydrogens is 158 g/mol. The summed E-state index contributed by atoms with van der Waals surface area (Å²) in [5.41, 5.74) is 1.23. The highest BCUT2D eigenvalue weighted by Gasteiger charge is 2.51. The Labute approximate surface area is 82.5 Å². The third kappa shape index (κ3) is 1.63. The van der Waals surface area contributed by atoms with Gasteiger partial charge in [0, 0.05) is 11.6 Å². The Bertz CT molecular complexity index is 201. The smallest absolute Gasteiger partial charge is 0.0161 e. The Hall–Kier alpha value is -0.0400. The molecule has 1 aliphatic carbocycles. The second-order valence-corrected chi connectivity index (χ2v) is 6.03. The van der Waals surface area contributed by atoms with Gasteiger partial charge in [0.15, 0.2) is 0 Å². The van der Waals surface area contributed by atoms with Gasteiger partial charge in [-0.1, -0.05) is 0 Å². The third-order valence-electron chi connectivity index (χ3n) is 4.05. The van der Waals surface area contributed by atoms with Gasteiger partial charge in [-0.15, -0.1) is 0 Å². The fourth-order valence-corrected chi connectivity index (χ4v) is 3.33. The van der Waals surface area contributed by atoms with Crippen LogP contribution in [0.1, 0.15) is 53.4 Å². The molecule has 0 unspecified atom stereocenters. The second kappa shape index (κ2) is 2.73. The van der Waals surface area contributed by atoms with E-state index in [-0.39, 0.29) is 0 Å². The first kappa shape index (κ1) is 9.51. The molecule has 1 saturated heterocycles. The number of hydrogen-bond acceptors (Lipinski definition) is 1. The first-order chi connectivity index (χ1) is 5.95. The molecular formula is C12H23N. The van der Waals surface area contributed by atoms with Gasteiger partial charge in [-0.3, -0.25) is 4.90 Å². The summed E-state index contributed by atoms with van der Waals surface area (Å²) in [6, 6.07) is 0.714. The van der Waals surface area contributed by atoms with E-state index < -0.39 is 0 Å². The fraction of sp³-hybridized carbons (Fsp3) is 1.00. The predicted molar refractivity (Wildman–Crippen MR) is 56.8 cm³/mol. The maximum atomic E-state index is 2.68. The molecule has 0 aromatic carbocycles. The highest BCUT2D eigenvalue weighted by molar-refractivity contribution is 5.04. The minimum atomic E-state index is 0.447. The van der Waals surface area contributed by atoms with Gasteiger partial charge in [-0.05, 0) is 65.3 Å². The fourth-order valence-electron chi connectivity index (χ4n) is 3.33. The Morgan fingerprint density at radius 1 is 1.08 bits per heavy atom. The molecule has 2 rings (SSSR count). The normalized spacial score (nSPS) is 31.2. The molecule has 1 heterocycles. The second-order valence-electron chi connectivity index (χ2n) is 6.03. The van der Waals surface area contributed by atoms with Crippen molar-refractivity contribution in [3.05, 3.63) is 0 Å². The van der Waals surface area contributed by atoms with E-state index in [1.807, 2.05) is 0 Å². The van der Waals surface area contributed by atoms with Crippen LogP contribution in [-0.4, -0.2) is 23.0 Å². The van der Waals surface area contributed by atoms with Gasteiger partial charge in [-0.25, -0.2) is 0 Å². The summed E-state index contributed by atoms with van der Waals surface area (Å²) in [6.45, 7) is 10.8. The Balaban J connectivity index is 2.08. The average Bonchev–Trinajstić information content (AvgIpc) is 2.65. The van der Waals surface area contributed by atoms with E-state index in [0.717, 1.165) is 5.41 Å². The van der Waals surface area contributed by atoms with Crippen molar-refractivity contribution in [2.24, 2.45) is 5.41 Å². The first-order valence-corrected chi connectivity index (χ1v) is 5.72. The van der Waals surface area contributed by atoms with Crippen LogP contribution in [0.5, 0.6) is 0 Å². The van der Waals surface area contributed by atoms with Crippen LogP contribution < -0.4 is 0 Å². The van der Waals surface area contributed by atoms with Crippen LogP contribution in [0.3, 0.4) is 0 Å². The van der Waals surface area contributed by atoms with E-state index >= 15 is 0 Å². The van der Waals surface area contributed by atoms with Crippen LogP contribution in [0.15, 0.2) is 0 Å². The molecule has 1 spiro atoms. The molecule has 0 aromatic heterocycles. The molecule has 76 valence electrons. The van der Waals surface area contributed by atoms with Gasteiger partial charge < -0.3 is 0 Å². The molecule has 0 radical (unpaired) electrons. The molecule has 2 fully saturated rings. The SMILES string of the molecule is CC(C)N1CCC2(CC2)CC1(C)C. The summed E-state index contributed by atoms with van der Waals surface area (Å²) in [5, 5.41) is 0. The highest BCUT2D eigenvalue weighted by atomic mass is 15.2. The zero-order valence-corrected chi connectivity index (χ0v) is 9.56. The van der Waals surface area contributed by atoms with Gasteiger partial charge >= 0.3 is 0 Å². The van der Waals surface area contributed by atoms with Crippen LogP contribution >= 0.6 is 0 Å². The van der Waals surface area contributed by atoms with E-state index in [4.69, 9.17) is 0 Å². The Morgan fingerprint density at radius 2 is 1.69 bits per heavy atom. The van der Waals surface area contributed by atoms with Crippen LogP contribution in [0.2, 0.25) is 0 Å². The van der Waals surface area contributed by atoms with Crippen molar-refractivity contribution in [3.8, 4) is 0 Å². The maximum absolute atomic E-state index is 2.68. The lowest BCUT2D eigenvalue weighted by Crippen LogP contribution is -2.53. The molecule has 1 nitrogen and oxygen atoms in total. The van der Waals surface area contributed by atoms with Crippen LogP contribution in [-0.2, 0) is 0 Å². The zero-order chi connectivity index (χ0) is 9.69. The molecule has 2 aliphatic rings. The van der Waals surface area contributed by atoms with Crippen molar-refractivity contribution < 1.29 is 0 Å². The number of rotatable bonds is 1. The molecule has 0 atom stereocenters. The summed E-state index contributed by atoms with van der Waals surface area (Å²) >= 11 is 0. The predicted octanol–water partition coefficient (Wildman–Crippen LogP) is 3.05. The summed E-state index contributed by atoms with van der Waals surface area (Å²) in [7, 11) is 0. The molecule has 0 bridgehead atoms. The average molecular weight is 181 g/mol. The van der Waals surface area contributed by atoms with E-state index in [1.54, 1.807) is 0 Å². The van der Waals surface area contributed by atoms with E-state index in [9.17, 15) is 0 Å². The van der Waals surface area contributed by atoms with E-state index in [0.29, 0.717) is 11.6 Å². The molecule has 0 amide bonds. The number of nitrogens with zero attached hydrogens (tertiary/aromatic N) is 1. The highest BCUT2D eigenvalue weighted by Crippen LogP contribution is 2.57. The van der Waals surface area contributed by atoms with Gasteiger partial charge in [0.1, 0.15) is 0 Å². The van der Waals surface area contributed by atoms with Gasteiger partial charge in [0.05, 0.1) is 0 Å². The number of likely N-dealkylation sites (tertiary alicyclic amines) is 1. The zero-order valence-electron chi connectivity index (χ0n) is 9.56. The van der Waals surface area contributed by atoms with E-state index in [2.05, 4.69) is 32.6 Å². The molecule has 0 N–H and O–H groups in total. The van der Waals surface area contributed by atoms with Gasteiger partial charge in [-0.2, -0.15) is 0 Å². The molecule has 0 aromatic rings. The first-order valence-electron chi connectivity index (χ1n) is 5.72. The Kier molecular flexibility index (Phi) is 1.99. The van der Waals surface area contributed by atoms with Crippen LogP contribution in [0.4, 0.5) is 0 Å². The van der Waals surface area contributed by atoms with Gasteiger partial charge in [0.25, 0.3) is 0 Å². The maximum Gasteiger partial charge on any atom is 0.0161 e. The third-order valence-corrected chi connectivity index (χ3v) is 4.05. The van der Waals surface area contributed by atoms with Crippen molar-refractivity contribution in [3.63, 3.8) is 0 Å². The lowest BCUT2D eigenvalue weighted by atomic mass is 9.79. The van der Waals surface area contributed by atoms with Crippen LogP contribution in [0.25, 0.3) is 0 Å². The summed E-state index contributed by atoms with van der Waals surface area (Å²) < 4.78 is 0. The lowest BCUT2D eigenvalue weighted by Gasteiger charge is -2.48. The minimum Gasteiger partial charge on any atom is -0.296 e. The summed E-state index contributed by atoms with van der Waals surface area (Å²) in [5.74, 6) is 0. The largest absolute Gasteiger partial charge is 0.296 e. The quantitative estimate of drug-likeness (QED) is 0.601. The van der Waals surface area contributed by atoms with Crippen molar-refractivity contribution in [2.75, 3.05) is 6.54 Å². The lowest BCUT2D eigenvalue weighted by molar-refractivity contribution is 0.0131. The molecule has 1 heteroatoms. The van der Waals surface area contributed by atoms with Crippen molar-refractivity contribution in [1.82, 2.24) is 4.90 Å². The van der Waals surface area contributed by atoms with Crippen molar-refractivity contribution in [2.45, 2.75) is 65.0 Å². The minimum absolute atomic E-state index is 0.447. The molecule has 1 aliphatic heterocycles. The summed E-state index contributed by atoms with van der Waals surface area (Å²) in [4.78, 5) is 2.68. The topological polar surface area (TPSA) is 3.24 Å².